The summed E-state index contributed by atoms with van der Waals surface area (Å²) < 4.78 is 0.833. The third-order valence-corrected chi connectivity index (χ3v) is 2.96. The van der Waals surface area contributed by atoms with Crippen molar-refractivity contribution in [3.05, 3.63) is 0 Å². The summed E-state index contributed by atoms with van der Waals surface area (Å²) in [5.41, 5.74) is 0. The molecule has 0 aromatic rings. The molecule has 0 saturated heterocycles. The van der Waals surface area contributed by atoms with Crippen molar-refractivity contribution in [2.45, 2.75) is 35.3 Å². The minimum atomic E-state index is 0.833. The van der Waals surface area contributed by atoms with Crippen molar-refractivity contribution in [2.75, 3.05) is 0 Å². The van der Waals surface area contributed by atoms with Crippen LogP contribution in [0, 0.1) is 0 Å². The molecule has 1 heteroatoms. The van der Waals surface area contributed by atoms with Crippen LogP contribution in [-0.2, 0) is 0 Å². The molecule has 1 aliphatic rings. The molecule has 0 nitrogen and oxygen atoms in total. The molecule has 0 spiro atoms. The van der Waals surface area contributed by atoms with E-state index in [1.165, 1.54) is 53.6 Å². The van der Waals surface area contributed by atoms with Gasteiger partial charge in [-0.3, -0.25) is 0 Å². The van der Waals surface area contributed by atoms with Gasteiger partial charge in [-0.1, -0.05) is 0 Å². The van der Waals surface area contributed by atoms with E-state index in [-0.39, 0.29) is 0 Å². The predicted molar refractivity (Wildman–Crippen MR) is 32.6 cm³/mol. The van der Waals surface area contributed by atoms with Crippen LogP contribution in [0.5, 0.6) is 0 Å². The molecule has 0 aromatic carbocycles. The van der Waals surface area contributed by atoms with Gasteiger partial charge in [0.2, 0.25) is 0 Å². The van der Waals surface area contributed by atoms with E-state index in [0.29, 0.717) is 0 Å². The molecule has 0 unspecified atom stereocenters. The second-order valence-corrected chi connectivity index (χ2v) is 5.79. The molecule has 7 heavy (non-hydrogen) atoms. The van der Waals surface area contributed by atoms with Crippen LogP contribution < -0.4 is 0 Å². The zero-order valence-electron chi connectivity index (χ0n) is 5.33. The van der Waals surface area contributed by atoms with E-state index < -0.39 is 0 Å². The summed E-state index contributed by atoms with van der Waals surface area (Å²) in [6.07, 6.45) is 6.03. The van der Waals surface area contributed by atoms with E-state index in [1.54, 1.807) is 0 Å². The fraction of sp³-hybridized carbons (Fsp3) is 1.00. The Morgan fingerprint density at radius 3 is 1.86 bits per heavy atom. The molecule has 0 amide bonds. The van der Waals surface area contributed by atoms with E-state index in [2.05, 4.69) is 6.92 Å². The SMILES string of the molecule is C[C]1([Na])CCCC1. The summed E-state index contributed by atoms with van der Waals surface area (Å²) in [7, 11) is 0. The first-order chi connectivity index (χ1) is 3.21. The molecular weight excluding hydrogens is 95.1 g/mol. The molecule has 0 radical (unpaired) electrons. The van der Waals surface area contributed by atoms with Crippen LogP contribution in [0.15, 0.2) is 0 Å². The summed E-state index contributed by atoms with van der Waals surface area (Å²) >= 11 is 1.41. The van der Waals surface area contributed by atoms with Gasteiger partial charge < -0.3 is 0 Å². The van der Waals surface area contributed by atoms with Crippen molar-refractivity contribution in [3.63, 3.8) is 0 Å². The molecule has 36 valence electrons. The Balaban J connectivity index is 2.40. The van der Waals surface area contributed by atoms with Crippen LogP contribution in [0.2, 0.25) is 2.66 Å². The predicted octanol–water partition coefficient (Wildman–Crippen LogP) is 1.91. The van der Waals surface area contributed by atoms with Crippen molar-refractivity contribution in [1.29, 1.82) is 0 Å². The number of hydrogen-bond acceptors (Lipinski definition) is 0. The zero-order valence-corrected chi connectivity index (χ0v) is 7.33. The van der Waals surface area contributed by atoms with Crippen molar-refractivity contribution < 1.29 is 0 Å². The Morgan fingerprint density at radius 1 is 1.29 bits per heavy atom. The van der Waals surface area contributed by atoms with E-state index in [4.69, 9.17) is 0 Å². The first-order valence-corrected chi connectivity index (χ1v) is 4.21. The van der Waals surface area contributed by atoms with E-state index in [0.717, 1.165) is 2.66 Å². The molecule has 0 aliphatic heterocycles. The van der Waals surface area contributed by atoms with E-state index >= 15 is 0 Å². The summed E-state index contributed by atoms with van der Waals surface area (Å²) in [4.78, 5) is 0. The van der Waals surface area contributed by atoms with E-state index in [1.807, 2.05) is 0 Å². The van der Waals surface area contributed by atoms with Gasteiger partial charge in [0.05, 0.1) is 0 Å². The Hall–Kier alpha value is 1.00. The van der Waals surface area contributed by atoms with Crippen molar-refractivity contribution in [2.24, 2.45) is 0 Å². The molecule has 0 atom stereocenters. The molecule has 0 N–H and O–H groups in total. The van der Waals surface area contributed by atoms with Gasteiger partial charge in [0.15, 0.2) is 0 Å². The van der Waals surface area contributed by atoms with Crippen LogP contribution in [0.3, 0.4) is 0 Å². The average Bonchev–Trinajstić information content (AvgIpc) is 1.84. The van der Waals surface area contributed by atoms with Gasteiger partial charge in [0, 0.05) is 0 Å². The van der Waals surface area contributed by atoms with Gasteiger partial charge in [-0.15, -0.1) is 0 Å². The van der Waals surface area contributed by atoms with E-state index in [9.17, 15) is 0 Å². The maximum absolute atomic E-state index is 2.42. The molecular formula is C6H11Na. The molecule has 1 saturated carbocycles. The van der Waals surface area contributed by atoms with Gasteiger partial charge in [-0.25, -0.2) is 0 Å². The summed E-state index contributed by atoms with van der Waals surface area (Å²) in [6, 6.07) is 0. The maximum atomic E-state index is 2.42. The molecule has 0 bridgehead atoms. The standard InChI is InChI=1S/C6H11.Na/c1-6-4-2-3-5-6;/h2-5H2,1H3;. The minimum absolute atomic E-state index is 0.833. The monoisotopic (exact) mass is 106 g/mol. The molecule has 0 aromatic heterocycles. The van der Waals surface area contributed by atoms with Crippen molar-refractivity contribution in [1.82, 2.24) is 0 Å². The van der Waals surface area contributed by atoms with Crippen LogP contribution in [-0.4, -0.2) is 27.9 Å². The van der Waals surface area contributed by atoms with Gasteiger partial charge >= 0.3 is 63.2 Å². The zero-order chi connectivity index (χ0) is 5.33. The van der Waals surface area contributed by atoms with Gasteiger partial charge in [0.1, 0.15) is 0 Å². The summed E-state index contributed by atoms with van der Waals surface area (Å²) in [5.74, 6) is 0. The molecule has 1 aliphatic carbocycles. The third kappa shape index (κ3) is 1.75. The second-order valence-electron chi connectivity index (χ2n) is 3.37. The molecule has 0 heterocycles. The van der Waals surface area contributed by atoms with Gasteiger partial charge in [-0.2, -0.15) is 0 Å². The number of hydrogen-bond donors (Lipinski definition) is 0. The van der Waals surface area contributed by atoms with Crippen molar-refractivity contribution >= 4 is 27.9 Å². The topological polar surface area (TPSA) is 0 Å². The first kappa shape index (κ1) is 6.12. The summed E-state index contributed by atoms with van der Waals surface area (Å²) in [5, 5.41) is 0. The van der Waals surface area contributed by atoms with Gasteiger partial charge in [0.25, 0.3) is 0 Å². The van der Waals surface area contributed by atoms with Crippen LogP contribution >= 0.6 is 0 Å². The second kappa shape index (κ2) is 2.08. The molecule has 1 fully saturated rings. The van der Waals surface area contributed by atoms with Crippen molar-refractivity contribution in [3.8, 4) is 0 Å². The Bertz CT molecular complexity index is 58.6. The fourth-order valence-electron chi connectivity index (χ4n) is 1.33. The van der Waals surface area contributed by atoms with Gasteiger partial charge in [-0.05, 0) is 0 Å². The van der Waals surface area contributed by atoms with Crippen LogP contribution in [0.25, 0.3) is 0 Å². The average molecular weight is 106 g/mol. The third-order valence-electron chi connectivity index (χ3n) is 1.96. The van der Waals surface area contributed by atoms with Crippen LogP contribution in [0.4, 0.5) is 0 Å². The van der Waals surface area contributed by atoms with Crippen LogP contribution in [0.1, 0.15) is 32.6 Å². The Labute approximate surface area is 63.1 Å². The quantitative estimate of drug-likeness (QED) is 0.414. The normalized spacial score (nSPS) is 28.4. The number of rotatable bonds is 0. The Morgan fingerprint density at radius 2 is 1.71 bits per heavy atom. The molecule has 1 rings (SSSR count). The summed E-state index contributed by atoms with van der Waals surface area (Å²) in [6.45, 7) is 2.42. The first-order valence-electron chi connectivity index (χ1n) is 3.21. The fourth-order valence-corrected chi connectivity index (χ4v) is 2.04. The Kier molecular flexibility index (Phi) is 1.82.